The van der Waals surface area contributed by atoms with E-state index in [1.165, 1.54) is 0 Å². The first-order chi connectivity index (χ1) is 11.3. The maximum atomic E-state index is 11.6. The Morgan fingerprint density at radius 2 is 2.04 bits per heavy atom. The Bertz CT molecular complexity index is 809. The van der Waals surface area contributed by atoms with Crippen molar-refractivity contribution in [3.8, 4) is 11.5 Å². The summed E-state index contributed by atoms with van der Waals surface area (Å²) in [5.41, 5.74) is 5.94. The lowest BCUT2D eigenvalue weighted by Gasteiger charge is -2.23. The lowest BCUT2D eigenvalue weighted by atomic mass is 9.84. The predicted octanol–water partition coefficient (Wildman–Crippen LogP) is 2.57. The average Bonchev–Trinajstić information content (AvgIpc) is 3.28. The van der Waals surface area contributed by atoms with E-state index in [1.54, 1.807) is 0 Å². The summed E-state index contributed by atoms with van der Waals surface area (Å²) in [5, 5.41) is 4.35. The standard InChI is InChI=1S/C18H17N3O2/c22-17-13-9-12(13)16(20-21-17)11-6-7-14-15(8-11)23-18(19-14)10-4-2-1-3-5-10/h1-5,11-13H,6-9H2,(H,21,22)/t11-,12+,13-/m1/s1. The number of carbonyl (C=O) groups excluding carboxylic acids is 1. The third-order valence-electron chi connectivity index (χ3n) is 5.18. The fourth-order valence-electron chi connectivity index (χ4n) is 3.82. The summed E-state index contributed by atoms with van der Waals surface area (Å²) < 4.78 is 6.03. The number of aromatic nitrogens is 1. The van der Waals surface area contributed by atoms with Gasteiger partial charge in [-0.3, -0.25) is 4.79 Å². The van der Waals surface area contributed by atoms with Gasteiger partial charge < -0.3 is 4.42 Å². The number of oxazole rings is 1. The maximum absolute atomic E-state index is 11.6. The molecule has 2 heterocycles. The van der Waals surface area contributed by atoms with Gasteiger partial charge in [0, 0.05) is 35.4 Å². The number of rotatable bonds is 2. The first kappa shape index (κ1) is 13.0. The average molecular weight is 307 g/mol. The van der Waals surface area contributed by atoms with Crippen LogP contribution >= 0.6 is 0 Å². The Morgan fingerprint density at radius 1 is 1.17 bits per heavy atom. The van der Waals surface area contributed by atoms with Gasteiger partial charge in [0.1, 0.15) is 5.76 Å². The van der Waals surface area contributed by atoms with E-state index in [0.717, 1.165) is 48.4 Å². The lowest BCUT2D eigenvalue weighted by molar-refractivity contribution is -0.122. The summed E-state index contributed by atoms with van der Waals surface area (Å²) in [6, 6.07) is 10.0. The molecule has 5 heteroatoms. The topological polar surface area (TPSA) is 67.5 Å². The van der Waals surface area contributed by atoms with Gasteiger partial charge in [-0.25, -0.2) is 10.4 Å². The van der Waals surface area contributed by atoms with Crippen LogP contribution in [0.1, 0.15) is 24.3 Å². The van der Waals surface area contributed by atoms with Crippen molar-refractivity contribution in [2.75, 3.05) is 0 Å². The van der Waals surface area contributed by atoms with Crippen LogP contribution in [0.4, 0.5) is 0 Å². The monoisotopic (exact) mass is 307 g/mol. The Balaban J connectivity index is 1.41. The number of amides is 1. The van der Waals surface area contributed by atoms with E-state index in [4.69, 9.17) is 4.42 Å². The number of aryl methyl sites for hydroxylation is 1. The third-order valence-corrected chi connectivity index (χ3v) is 5.18. The van der Waals surface area contributed by atoms with Crippen molar-refractivity contribution in [2.24, 2.45) is 22.9 Å². The van der Waals surface area contributed by atoms with E-state index in [2.05, 4.69) is 15.5 Å². The summed E-state index contributed by atoms with van der Waals surface area (Å²) in [5.74, 6) is 2.68. The number of hydrogen-bond acceptors (Lipinski definition) is 4. The van der Waals surface area contributed by atoms with Gasteiger partial charge in [0.05, 0.1) is 5.69 Å². The van der Waals surface area contributed by atoms with Crippen molar-refractivity contribution in [1.29, 1.82) is 0 Å². The van der Waals surface area contributed by atoms with E-state index in [9.17, 15) is 4.79 Å². The second-order valence-electron chi connectivity index (χ2n) is 6.66. The highest BCUT2D eigenvalue weighted by molar-refractivity contribution is 6.01. The van der Waals surface area contributed by atoms with Gasteiger partial charge in [-0.2, -0.15) is 5.10 Å². The number of benzene rings is 1. The van der Waals surface area contributed by atoms with Gasteiger partial charge in [-0.15, -0.1) is 0 Å². The molecule has 1 N–H and O–H groups in total. The third kappa shape index (κ3) is 2.11. The number of nitrogens with one attached hydrogen (secondary N) is 1. The van der Waals surface area contributed by atoms with E-state index in [1.807, 2.05) is 30.3 Å². The molecule has 0 unspecified atom stereocenters. The van der Waals surface area contributed by atoms with Crippen molar-refractivity contribution in [3.05, 3.63) is 41.8 Å². The summed E-state index contributed by atoms with van der Waals surface area (Å²) in [7, 11) is 0. The van der Waals surface area contributed by atoms with Crippen LogP contribution < -0.4 is 5.43 Å². The quantitative estimate of drug-likeness (QED) is 0.927. The molecule has 1 saturated carbocycles. The van der Waals surface area contributed by atoms with Crippen molar-refractivity contribution in [2.45, 2.75) is 25.7 Å². The molecule has 1 fully saturated rings. The van der Waals surface area contributed by atoms with Gasteiger partial charge >= 0.3 is 0 Å². The SMILES string of the molecule is O=C1NN=C([C@@H]2CCc3nc(-c4ccccc4)oc3C2)[C@H]2C[C@@H]12. The van der Waals surface area contributed by atoms with Crippen molar-refractivity contribution < 1.29 is 9.21 Å². The van der Waals surface area contributed by atoms with E-state index in [0.29, 0.717) is 17.7 Å². The highest BCUT2D eigenvalue weighted by Crippen LogP contribution is 2.45. The van der Waals surface area contributed by atoms with Crippen LogP contribution in [0.25, 0.3) is 11.5 Å². The summed E-state index contributed by atoms with van der Waals surface area (Å²) >= 11 is 0. The molecule has 0 radical (unpaired) electrons. The Labute approximate surface area is 133 Å². The van der Waals surface area contributed by atoms with Gasteiger partial charge in [-0.05, 0) is 31.4 Å². The molecule has 2 aliphatic carbocycles. The zero-order valence-electron chi connectivity index (χ0n) is 12.7. The smallest absolute Gasteiger partial charge is 0.243 e. The fourth-order valence-corrected chi connectivity index (χ4v) is 3.82. The summed E-state index contributed by atoms with van der Waals surface area (Å²) in [4.78, 5) is 16.2. The van der Waals surface area contributed by atoms with Gasteiger partial charge in [0.2, 0.25) is 11.8 Å². The minimum Gasteiger partial charge on any atom is -0.441 e. The van der Waals surface area contributed by atoms with Crippen LogP contribution in [0.5, 0.6) is 0 Å². The van der Waals surface area contributed by atoms with Crippen LogP contribution in [0, 0.1) is 17.8 Å². The molecule has 1 aliphatic heterocycles. The molecular weight excluding hydrogens is 290 g/mol. The Hall–Kier alpha value is -2.43. The fraction of sp³-hybridized carbons (Fsp3) is 0.389. The molecule has 23 heavy (non-hydrogen) atoms. The lowest BCUT2D eigenvalue weighted by Crippen LogP contribution is -2.34. The summed E-state index contributed by atoms with van der Waals surface area (Å²) in [6.45, 7) is 0. The number of nitrogens with zero attached hydrogens (tertiary/aromatic N) is 2. The minimum absolute atomic E-state index is 0.0845. The molecule has 1 amide bonds. The first-order valence-electron chi connectivity index (χ1n) is 8.21. The molecule has 0 bridgehead atoms. The second kappa shape index (κ2) is 4.78. The maximum Gasteiger partial charge on any atom is 0.243 e. The normalized spacial score (nSPS) is 28.4. The number of hydrazone groups is 1. The van der Waals surface area contributed by atoms with Gasteiger partial charge in [0.25, 0.3) is 0 Å². The van der Waals surface area contributed by atoms with Crippen molar-refractivity contribution in [1.82, 2.24) is 10.4 Å². The number of carbonyl (C=O) groups is 1. The van der Waals surface area contributed by atoms with E-state index >= 15 is 0 Å². The Kier molecular flexibility index (Phi) is 2.71. The molecule has 116 valence electrons. The van der Waals surface area contributed by atoms with E-state index < -0.39 is 0 Å². The minimum atomic E-state index is 0.0845. The first-order valence-corrected chi connectivity index (χ1v) is 8.21. The largest absolute Gasteiger partial charge is 0.441 e. The molecule has 2 aromatic rings. The zero-order chi connectivity index (χ0) is 15.4. The molecular formula is C18H17N3O2. The molecule has 0 saturated heterocycles. The van der Waals surface area contributed by atoms with Gasteiger partial charge in [0.15, 0.2) is 0 Å². The molecule has 1 aromatic carbocycles. The van der Waals surface area contributed by atoms with Crippen molar-refractivity contribution >= 4 is 11.6 Å². The molecule has 5 nitrogen and oxygen atoms in total. The molecule has 3 aliphatic rings. The van der Waals surface area contributed by atoms with Crippen LogP contribution in [-0.2, 0) is 17.6 Å². The second-order valence-corrected chi connectivity index (χ2v) is 6.66. The van der Waals surface area contributed by atoms with Crippen LogP contribution in [0.15, 0.2) is 39.9 Å². The highest BCUT2D eigenvalue weighted by Gasteiger charge is 2.51. The number of hydrogen-bond donors (Lipinski definition) is 1. The van der Waals surface area contributed by atoms with Crippen molar-refractivity contribution in [3.63, 3.8) is 0 Å². The van der Waals surface area contributed by atoms with Crippen LogP contribution in [0.2, 0.25) is 0 Å². The van der Waals surface area contributed by atoms with E-state index in [-0.39, 0.29) is 11.8 Å². The molecule has 1 aromatic heterocycles. The molecule has 0 spiro atoms. The Morgan fingerprint density at radius 3 is 2.91 bits per heavy atom. The van der Waals surface area contributed by atoms with Gasteiger partial charge in [-0.1, -0.05) is 18.2 Å². The molecule has 3 atom stereocenters. The van der Waals surface area contributed by atoms with Crippen LogP contribution in [0.3, 0.4) is 0 Å². The van der Waals surface area contributed by atoms with Crippen LogP contribution in [-0.4, -0.2) is 16.6 Å². The number of fused-ring (bicyclic) bond motifs is 2. The predicted molar refractivity (Wildman–Crippen MR) is 84.6 cm³/mol. The highest BCUT2D eigenvalue weighted by atomic mass is 16.4. The molecule has 5 rings (SSSR count). The summed E-state index contributed by atoms with van der Waals surface area (Å²) in [6.07, 6.45) is 3.75. The zero-order valence-corrected chi connectivity index (χ0v) is 12.7.